The maximum Gasteiger partial charge on any atom is 0.125 e. The zero-order valence-electron chi connectivity index (χ0n) is 8.44. The van der Waals surface area contributed by atoms with Crippen LogP contribution in [-0.2, 0) is 0 Å². The molecule has 3 N–H and O–H groups in total. The maximum atomic E-state index is 9.76. The van der Waals surface area contributed by atoms with Crippen molar-refractivity contribution in [3.05, 3.63) is 42.2 Å². The number of phenols is 1. The van der Waals surface area contributed by atoms with Crippen LogP contribution >= 0.6 is 0 Å². The van der Waals surface area contributed by atoms with Crippen molar-refractivity contribution < 1.29 is 5.11 Å². The third-order valence-corrected chi connectivity index (χ3v) is 2.32. The van der Waals surface area contributed by atoms with E-state index in [-0.39, 0.29) is 5.75 Å². The van der Waals surface area contributed by atoms with Crippen LogP contribution in [0.25, 0.3) is 11.1 Å². The van der Waals surface area contributed by atoms with Crippen molar-refractivity contribution in [3.8, 4) is 16.9 Å². The largest absolute Gasteiger partial charge is 0.507 e. The molecule has 0 radical (unpaired) electrons. The quantitative estimate of drug-likeness (QED) is 0.694. The Labute approximate surface area is 88.2 Å². The second-order valence-electron chi connectivity index (χ2n) is 3.41. The molecule has 0 atom stereocenters. The van der Waals surface area contributed by atoms with Gasteiger partial charge in [0.2, 0.25) is 0 Å². The van der Waals surface area contributed by atoms with Crippen molar-refractivity contribution in [3.63, 3.8) is 0 Å². The molecular weight excluding hydrogens is 188 g/mol. The van der Waals surface area contributed by atoms with E-state index in [0.717, 1.165) is 16.8 Å². The molecule has 0 aliphatic rings. The third kappa shape index (κ3) is 1.76. The predicted octanol–water partition coefficient (Wildman–Crippen LogP) is 2.34. The molecule has 0 fully saturated rings. The number of benzene rings is 1. The van der Waals surface area contributed by atoms with Crippen molar-refractivity contribution in [2.45, 2.75) is 6.92 Å². The van der Waals surface area contributed by atoms with Crippen LogP contribution < -0.4 is 5.73 Å². The van der Waals surface area contributed by atoms with Gasteiger partial charge in [0.15, 0.2) is 0 Å². The molecule has 15 heavy (non-hydrogen) atoms. The first kappa shape index (κ1) is 9.52. The number of pyridine rings is 1. The first-order chi connectivity index (χ1) is 7.18. The van der Waals surface area contributed by atoms with E-state index in [9.17, 15) is 5.11 Å². The summed E-state index contributed by atoms with van der Waals surface area (Å²) in [6, 6.07) is 8.88. The third-order valence-electron chi connectivity index (χ3n) is 2.32. The van der Waals surface area contributed by atoms with Gasteiger partial charge in [0.25, 0.3) is 0 Å². The van der Waals surface area contributed by atoms with Gasteiger partial charge in [-0.05, 0) is 25.1 Å². The Balaban J connectivity index is 2.60. The predicted molar refractivity (Wildman–Crippen MR) is 60.5 cm³/mol. The standard InChI is InChI=1S/C12H12N2O/c1-8-10(3-2-6-14-8)11-5-4-9(13)7-12(11)15/h2-7,15H,13H2,1H3. The summed E-state index contributed by atoms with van der Waals surface area (Å²) in [4.78, 5) is 4.18. The van der Waals surface area contributed by atoms with Crippen molar-refractivity contribution in [2.75, 3.05) is 5.73 Å². The number of aromatic nitrogens is 1. The van der Waals surface area contributed by atoms with Gasteiger partial charge < -0.3 is 10.8 Å². The molecular formula is C12H12N2O. The number of hydrogen-bond acceptors (Lipinski definition) is 3. The van der Waals surface area contributed by atoms with E-state index in [1.165, 1.54) is 0 Å². The van der Waals surface area contributed by atoms with Crippen LogP contribution in [-0.4, -0.2) is 10.1 Å². The minimum absolute atomic E-state index is 0.186. The first-order valence-corrected chi connectivity index (χ1v) is 4.69. The Bertz CT molecular complexity index is 495. The highest BCUT2D eigenvalue weighted by molar-refractivity contribution is 5.73. The normalized spacial score (nSPS) is 10.2. The number of hydrogen-bond donors (Lipinski definition) is 2. The Morgan fingerprint density at radius 3 is 2.67 bits per heavy atom. The molecule has 1 aromatic carbocycles. The molecule has 3 heteroatoms. The van der Waals surface area contributed by atoms with Gasteiger partial charge in [0, 0.05) is 34.8 Å². The lowest BCUT2D eigenvalue weighted by atomic mass is 10.0. The molecule has 0 aliphatic heterocycles. The average molecular weight is 200 g/mol. The van der Waals surface area contributed by atoms with Gasteiger partial charge in [-0.2, -0.15) is 0 Å². The van der Waals surface area contributed by atoms with Gasteiger partial charge in [0.1, 0.15) is 5.75 Å². The maximum absolute atomic E-state index is 9.76. The number of nitrogens with two attached hydrogens (primary N) is 1. The van der Waals surface area contributed by atoms with E-state index < -0.39 is 0 Å². The molecule has 0 saturated heterocycles. The number of rotatable bonds is 1. The summed E-state index contributed by atoms with van der Waals surface area (Å²) in [5.41, 5.74) is 8.69. The highest BCUT2D eigenvalue weighted by Gasteiger charge is 2.06. The van der Waals surface area contributed by atoms with E-state index >= 15 is 0 Å². The lowest BCUT2D eigenvalue weighted by Gasteiger charge is -2.07. The average Bonchev–Trinajstić information content (AvgIpc) is 2.20. The number of phenolic OH excluding ortho intramolecular Hbond substituents is 1. The second-order valence-corrected chi connectivity index (χ2v) is 3.41. The van der Waals surface area contributed by atoms with Crippen molar-refractivity contribution >= 4 is 5.69 Å². The minimum Gasteiger partial charge on any atom is -0.507 e. The number of nitrogens with zero attached hydrogens (tertiary/aromatic N) is 1. The molecule has 76 valence electrons. The Morgan fingerprint density at radius 2 is 2.00 bits per heavy atom. The zero-order valence-corrected chi connectivity index (χ0v) is 8.44. The molecule has 2 aromatic rings. The number of nitrogen functional groups attached to an aromatic ring is 1. The summed E-state index contributed by atoms with van der Waals surface area (Å²) >= 11 is 0. The molecule has 0 amide bonds. The molecule has 0 unspecified atom stereocenters. The fourth-order valence-corrected chi connectivity index (χ4v) is 1.55. The van der Waals surface area contributed by atoms with Crippen molar-refractivity contribution in [1.82, 2.24) is 4.98 Å². The molecule has 1 aromatic heterocycles. The fourth-order valence-electron chi connectivity index (χ4n) is 1.55. The Hall–Kier alpha value is -2.03. The summed E-state index contributed by atoms with van der Waals surface area (Å²) < 4.78 is 0. The fraction of sp³-hybridized carbons (Fsp3) is 0.0833. The Kier molecular flexibility index (Phi) is 2.29. The lowest BCUT2D eigenvalue weighted by Crippen LogP contribution is -1.89. The van der Waals surface area contributed by atoms with Crippen molar-refractivity contribution in [1.29, 1.82) is 0 Å². The molecule has 0 bridgehead atoms. The second kappa shape index (κ2) is 3.61. The van der Waals surface area contributed by atoms with Gasteiger partial charge >= 0.3 is 0 Å². The van der Waals surface area contributed by atoms with Crippen LogP contribution in [0, 0.1) is 6.92 Å². The topological polar surface area (TPSA) is 59.1 Å². The zero-order chi connectivity index (χ0) is 10.8. The monoisotopic (exact) mass is 200 g/mol. The van der Waals surface area contributed by atoms with Crippen LogP contribution in [0.3, 0.4) is 0 Å². The molecule has 0 aliphatic carbocycles. The van der Waals surface area contributed by atoms with Gasteiger partial charge in [-0.25, -0.2) is 0 Å². The summed E-state index contributed by atoms with van der Waals surface area (Å²) in [6.45, 7) is 1.91. The number of aryl methyl sites for hydroxylation is 1. The van der Waals surface area contributed by atoms with E-state index in [1.54, 1.807) is 24.4 Å². The van der Waals surface area contributed by atoms with Crippen LogP contribution in [0.5, 0.6) is 5.75 Å². The Morgan fingerprint density at radius 1 is 1.20 bits per heavy atom. The number of anilines is 1. The summed E-state index contributed by atoms with van der Waals surface area (Å²) in [7, 11) is 0. The van der Waals surface area contributed by atoms with E-state index in [2.05, 4.69) is 4.98 Å². The lowest BCUT2D eigenvalue weighted by molar-refractivity contribution is 0.477. The van der Waals surface area contributed by atoms with Gasteiger partial charge in [-0.3, -0.25) is 4.98 Å². The van der Waals surface area contributed by atoms with E-state index in [4.69, 9.17) is 5.73 Å². The molecule has 0 spiro atoms. The molecule has 1 heterocycles. The van der Waals surface area contributed by atoms with E-state index in [1.807, 2.05) is 19.1 Å². The minimum atomic E-state index is 0.186. The summed E-state index contributed by atoms with van der Waals surface area (Å²) in [6.07, 6.45) is 1.73. The van der Waals surface area contributed by atoms with Crippen LogP contribution in [0.4, 0.5) is 5.69 Å². The van der Waals surface area contributed by atoms with Crippen molar-refractivity contribution in [2.24, 2.45) is 0 Å². The highest BCUT2D eigenvalue weighted by atomic mass is 16.3. The first-order valence-electron chi connectivity index (χ1n) is 4.69. The highest BCUT2D eigenvalue weighted by Crippen LogP contribution is 2.31. The molecule has 3 nitrogen and oxygen atoms in total. The summed E-state index contributed by atoms with van der Waals surface area (Å²) in [5.74, 6) is 0.186. The van der Waals surface area contributed by atoms with Gasteiger partial charge in [0.05, 0.1) is 0 Å². The smallest absolute Gasteiger partial charge is 0.125 e. The van der Waals surface area contributed by atoms with Crippen LogP contribution in [0.2, 0.25) is 0 Å². The van der Waals surface area contributed by atoms with E-state index in [0.29, 0.717) is 5.69 Å². The SMILES string of the molecule is Cc1ncccc1-c1ccc(N)cc1O. The van der Waals surface area contributed by atoms with Gasteiger partial charge in [-0.1, -0.05) is 6.07 Å². The molecule has 0 saturated carbocycles. The van der Waals surface area contributed by atoms with Crippen LogP contribution in [0.1, 0.15) is 5.69 Å². The summed E-state index contributed by atoms with van der Waals surface area (Å²) in [5, 5.41) is 9.76. The molecule has 2 rings (SSSR count). The number of aromatic hydroxyl groups is 1. The van der Waals surface area contributed by atoms with Crippen LogP contribution in [0.15, 0.2) is 36.5 Å². The van der Waals surface area contributed by atoms with Gasteiger partial charge in [-0.15, -0.1) is 0 Å².